The molecule has 1 aliphatic rings. The van der Waals surface area contributed by atoms with Gasteiger partial charge in [-0.2, -0.15) is 0 Å². The predicted molar refractivity (Wildman–Crippen MR) is 118 cm³/mol. The summed E-state index contributed by atoms with van der Waals surface area (Å²) in [6, 6.07) is 11.2. The summed E-state index contributed by atoms with van der Waals surface area (Å²) in [5, 5.41) is 8.92. The molecule has 1 saturated heterocycles. The molecule has 0 saturated carbocycles. The third kappa shape index (κ3) is 4.76. The zero-order valence-corrected chi connectivity index (χ0v) is 18.4. The summed E-state index contributed by atoms with van der Waals surface area (Å²) >= 11 is 5.99. The molecule has 0 bridgehead atoms. The van der Waals surface area contributed by atoms with Crippen molar-refractivity contribution < 1.29 is 19.4 Å². The Morgan fingerprint density at radius 3 is 2.67 bits per heavy atom. The van der Waals surface area contributed by atoms with Crippen LogP contribution >= 0.6 is 19.0 Å². The highest BCUT2D eigenvalue weighted by atomic mass is 35.5. The van der Waals surface area contributed by atoms with Crippen LogP contribution in [-0.4, -0.2) is 56.8 Å². The van der Waals surface area contributed by atoms with E-state index >= 15 is 0 Å². The van der Waals surface area contributed by atoms with Crippen LogP contribution in [0.4, 0.5) is 0 Å². The van der Waals surface area contributed by atoms with Crippen molar-refractivity contribution in [2.24, 2.45) is 5.73 Å². The van der Waals surface area contributed by atoms with Crippen molar-refractivity contribution in [1.82, 2.24) is 9.88 Å². The van der Waals surface area contributed by atoms with E-state index in [1.807, 2.05) is 29.2 Å². The largest absolute Gasteiger partial charge is 0.480 e. The zero-order chi connectivity index (χ0) is 21.8. The van der Waals surface area contributed by atoms with Crippen LogP contribution in [0.25, 0.3) is 11.3 Å². The van der Waals surface area contributed by atoms with Gasteiger partial charge in [-0.05, 0) is 43.1 Å². The lowest BCUT2D eigenvalue weighted by atomic mass is 9.98. The van der Waals surface area contributed by atoms with Crippen LogP contribution in [0.1, 0.15) is 24.8 Å². The van der Waals surface area contributed by atoms with Crippen molar-refractivity contribution in [3.8, 4) is 11.3 Å². The lowest BCUT2D eigenvalue weighted by Crippen LogP contribution is -2.53. The van der Waals surface area contributed by atoms with Gasteiger partial charge in [-0.1, -0.05) is 36.2 Å². The molecule has 7 nitrogen and oxygen atoms in total. The van der Waals surface area contributed by atoms with E-state index in [-0.39, 0.29) is 19.1 Å². The molecule has 1 fully saturated rings. The normalized spacial score (nSPS) is 24.6. The monoisotopic (exact) mass is 451 g/mol. The second kappa shape index (κ2) is 9.58. The summed E-state index contributed by atoms with van der Waals surface area (Å²) in [4.78, 5) is 29.2. The molecule has 4 N–H and O–H groups in total. The number of hydrogen-bond acceptors (Lipinski definition) is 5. The number of halogens is 1. The molecule has 1 aromatic carbocycles. The summed E-state index contributed by atoms with van der Waals surface area (Å²) in [6.45, 7) is 1.25. The highest BCUT2D eigenvalue weighted by molar-refractivity contribution is 7.61. The number of unbranched alkanes of at least 4 members (excludes halogenated alkanes) is 1. The quantitative estimate of drug-likeness (QED) is 0.415. The minimum atomic E-state index is -3.85. The van der Waals surface area contributed by atoms with E-state index < -0.39 is 18.5 Å². The number of benzene rings is 1. The Labute approximate surface area is 181 Å². The fraction of sp³-hybridized carbons (Fsp3) is 0.429. The highest BCUT2D eigenvalue weighted by Crippen LogP contribution is 2.59. The van der Waals surface area contributed by atoms with Gasteiger partial charge in [-0.15, -0.1) is 0 Å². The molecular formula is C21H27ClN3O4P. The summed E-state index contributed by atoms with van der Waals surface area (Å²) in [5.41, 5.74) is 8.16. The number of carbonyl (C=O) groups is 1. The van der Waals surface area contributed by atoms with E-state index in [4.69, 9.17) is 17.3 Å². The number of aliphatic carboxylic acids is 1. The molecule has 2 unspecified atom stereocenters. The van der Waals surface area contributed by atoms with Gasteiger partial charge in [-0.3, -0.25) is 19.2 Å². The molecule has 1 aromatic heterocycles. The van der Waals surface area contributed by atoms with E-state index in [1.54, 1.807) is 18.3 Å². The molecule has 0 radical (unpaired) electrons. The van der Waals surface area contributed by atoms with E-state index in [9.17, 15) is 19.4 Å². The first-order chi connectivity index (χ1) is 14.3. The third-order valence-electron chi connectivity index (χ3n) is 5.72. The topological polar surface area (TPSA) is 117 Å². The van der Waals surface area contributed by atoms with Gasteiger partial charge in [0, 0.05) is 42.6 Å². The van der Waals surface area contributed by atoms with Gasteiger partial charge in [0.05, 0.1) is 5.69 Å². The number of carboxylic acid groups (broad SMARTS) is 1. The van der Waals surface area contributed by atoms with Gasteiger partial charge >= 0.3 is 5.97 Å². The Morgan fingerprint density at radius 2 is 2.00 bits per heavy atom. The Hall–Kier alpha value is -1.76. The average Bonchev–Trinajstić information content (AvgIpc) is 2.71. The van der Waals surface area contributed by atoms with E-state index in [2.05, 4.69) is 4.98 Å². The maximum atomic E-state index is 12.9. The second-order valence-corrected chi connectivity index (χ2v) is 10.9. The van der Waals surface area contributed by atoms with Crippen LogP contribution < -0.4 is 5.73 Å². The van der Waals surface area contributed by atoms with Crippen LogP contribution in [0.3, 0.4) is 0 Å². The molecule has 2 heterocycles. The van der Waals surface area contributed by atoms with Crippen LogP contribution in [0, 0.1) is 0 Å². The van der Waals surface area contributed by atoms with Gasteiger partial charge < -0.3 is 15.7 Å². The van der Waals surface area contributed by atoms with Gasteiger partial charge in [-0.25, -0.2) is 0 Å². The molecule has 30 heavy (non-hydrogen) atoms. The van der Waals surface area contributed by atoms with E-state index in [1.165, 1.54) is 0 Å². The summed E-state index contributed by atoms with van der Waals surface area (Å²) in [6.07, 6.45) is 2.93. The van der Waals surface area contributed by atoms with Crippen LogP contribution in [-0.2, 0) is 15.9 Å². The van der Waals surface area contributed by atoms with Gasteiger partial charge in [0.25, 0.3) is 0 Å². The SMILES string of the molecule is NCCCCC1(C(=O)O)CN(Cc2cccnc2-c2ccc(Cl)cc2)CCP1(=O)O. The average molecular weight is 452 g/mol. The molecule has 2 atom stereocenters. The van der Waals surface area contributed by atoms with Crippen molar-refractivity contribution in [2.45, 2.75) is 31.0 Å². The number of pyridine rings is 1. The standard InChI is InChI=1S/C21H27ClN3O4P/c22-18-7-5-16(6-8-18)19-17(4-3-11-24-19)14-25-12-13-30(28,29)21(15-25,20(26)27)9-1-2-10-23/h3-8,11H,1-2,9-10,12-15,23H2,(H,26,27)(H,28,29). The molecule has 3 rings (SSSR count). The summed E-state index contributed by atoms with van der Waals surface area (Å²) in [7, 11) is -3.85. The smallest absolute Gasteiger partial charge is 0.320 e. The molecule has 0 aliphatic carbocycles. The number of hydrogen-bond donors (Lipinski definition) is 3. The van der Waals surface area contributed by atoms with Crippen LogP contribution in [0.5, 0.6) is 0 Å². The number of nitrogens with two attached hydrogens (primary N) is 1. The summed E-state index contributed by atoms with van der Waals surface area (Å²) in [5.74, 6) is -1.21. The predicted octanol–water partition coefficient (Wildman–Crippen LogP) is 3.44. The second-order valence-electron chi connectivity index (χ2n) is 7.74. The molecule has 0 spiro atoms. The number of nitrogens with zero attached hydrogens (tertiary/aromatic N) is 2. The Kier molecular flexibility index (Phi) is 7.32. The van der Waals surface area contributed by atoms with Crippen LogP contribution in [0.2, 0.25) is 5.02 Å². The number of rotatable bonds is 8. The molecule has 1 aliphatic heterocycles. The Balaban J connectivity index is 1.87. The molecular weight excluding hydrogens is 425 g/mol. The van der Waals surface area contributed by atoms with Crippen molar-refractivity contribution in [2.75, 3.05) is 25.8 Å². The highest BCUT2D eigenvalue weighted by Gasteiger charge is 2.56. The van der Waals surface area contributed by atoms with E-state index in [0.717, 1.165) is 16.8 Å². The maximum absolute atomic E-state index is 12.9. The zero-order valence-electron chi connectivity index (χ0n) is 16.7. The summed E-state index contributed by atoms with van der Waals surface area (Å²) < 4.78 is 12.9. The molecule has 2 aromatic rings. The Bertz CT molecular complexity index is 940. The fourth-order valence-corrected chi connectivity index (χ4v) is 6.34. The van der Waals surface area contributed by atoms with Crippen molar-refractivity contribution in [1.29, 1.82) is 0 Å². The number of carboxylic acids is 1. The molecule has 162 valence electrons. The third-order valence-corrected chi connectivity index (χ3v) is 8.67. The minimum Gasteiger partial charge on any atom is -0.480 e. The maximum Gasteiger partial charge on any atom is 0.320 e. The Morgan fingerprint density at radius 1 is 1.27 bits per heavy atom. The minimum absolute atomic E-state index is 0.0234. The first kappa shape index (κ1) is 22.9. The van der Waals surface area contributed by atoms with Crippen molar-refractivity contribution in [3.63, 3.8) is 0 Å². The van der Waals surface area contributed by atoms with Crippen molar-refractivity contribution >= 4 is 24.9 Å². The first-order valence-corrected chi connectivity index (χ1v) is 12.2. The number of aromatic nitrogens is 1. The van der Waals surface area contributed by atoms with E-state index in [0.29, 0.717) is 37.5 Å². The molecule has 9 heteroatoms. The van der Waals surface area contributed by atoms with Crippen LogP contribution in [0.15, 0.2) is 42.6 Å². The van der Waals surface area contributed by atoms with Crippen molar-refractivity contribution in [3.05, 3.63) is 53.2 Å². The van der Waals surface area contributed by atoms with Gasteiger partial charge in [0.15, 0.2) is 5.16 Å². The first-order valence-electron chi connectivity index (χ1n) is 9.97. The molecule has 0 amide bonds. The van der Waals surface area contributed by atoms with Gasteiger partial charge in [0.2, 0.25) is 7.37 Å². The lowest BCUT2D eigenvalue weighted by Gasteiger charge is -2.43. The fourth-order valence-electron chi connectivity index (χ4n) is 4.00. The van der Waals surface area contributed by atoms with Gasteiger partial charge in [0.1, 0.15) is 0 Å². The lowest BCUT2D eigenvalue weighted by molar-refractivity contribution is -0.141.